The maximum atomic E-state index is 2.46. The number of hydrogen-bond acceptors (Lipinski definition) is 0. The summed E-state index contributed by atoms with van der Waals surface area (Å²) in [5.74, 6) is 0. The first-order valence-corrected chi connectivity index (χ1v) is 26.8. The Bertz CT molecular complexity index is 951. The minimum atomic E-state index is -2.72. The molecule has 0 saturated carbocycles. The van der Waals surface area contributed by atoms with Crippen LogP contribution in [0.5, 0.6) is 0 Å². The van der Waals surface area contributed by atoms with Crippen LogP contribution in [0.15, 0.2) is 121 Å². The van der Waals surface area contributed by atoms with E-state index in [0.717, 1.165) is 0 Å². The van der Waals surface area contributed by atoms with Crippen molar-refractivity contribution in [2.24, 2.45) is 0 Å². The van der Waals surface area contributed by atoms with E-state index < -0.39 is 36.8 Å². The summed E-state index contributed by atoms with van der Waals surface area (Å²) in [4.78, 5) is 0. The summed E-state index contributed by atoms with van der Waals surface area (Å²) >= 11 is -5.44. The van der Waals surface area contributed by atoms with Gasteiger partial charge in [-0.3, -0.25) is 0 Å². The van der Waals surface area contributed by atoms with E-state index in [9.17, 15) is 0 Å². The van der Waals surface area contributed by atoms with Gasteiger partial charge in [-0.1, -0.05) is 0 Å². The fourth-order valence-corrected chi connectivity index (χ4v) is 35.6. The Hall–Kier alpha value is -1.52. The molecule has 4 aromatic carbocycles. The van der Waals surface area contributed by atoms with Crippen molar-refractivity contribution in [3.05, 3.63) is 121 Å². The van der Waals surface area contributed by atoms with Crippen LogP contribution < -0.4 is 14.3 Å². The summed E-state index contributed by atoms with van der Waals surface area (Å²) in [5.41, 5.74) is 0. The number of hydrogen-bond donors (Lipinski definition) is 0. The zero-order chi connectivity index (χ0) is 23.1. The van der Waals surface area contributed by atoms with Gasteiger partial charge in [0.05, 0.1) is 0 Å². The molecule has 172 valence electrons. The van der Waals surface area contributed by atoms with Crippen LogP contribution in [0.1, 0.15) is 25.7 Å². The van der Waals surface area contributed by atoms with Gasteiger partial charge in [0, 0.05) is 0 Å². The monoisotopic (exact) mass is 660 g/mol. The average Bonchev–Trinajstić information content (AvgIpc) is 2.93. The van der Waals surface area contributed by atoms with Gasteiger partial charge in [-0.2, -0.15) is 0 Å². The molecule has 1 aliphatic heterocycles. The van der Waals surface area contributed by atoms with Crippen LogP contribution in [0.4, 0.5) is 0 Å². The molecule has 2 heteroatoms. The molecule has 1 saturated heterocycles. The molecule has 0 amide bonds. The quantitative estimate of drug-likeness (QED) is 0.233. The van der Waals surface area contributed by atoms with Crippen molar-refractivity contribution in [1.82, 2.24) is 0 Å². The van der Waals surface area contributed by atoms with E-state index >= 15 is 0 Å². The van der Waals surface area contributed by atoms with Gasteiger partial charge in [-0.15, -0.1) is 0 Å². The fourth-order valence-electron chi connectivity index (χ4n) is 6.47. The van der Waals surface area contributed by atoms with Crippen molar-refractivity contribution in [1.29, 1.82) is 0 Å². The second kappa shape index (κ2) is 11.5. The molecule has 0 radical (unpaired) electrons. The van der Waals surface area contributed by atoms with Crippen LogP contribution in [-0.2, 0) is 0 Å². The molecular formula is C32H36Sn2. The van der Waals surface area contributed by atoms with Crippen molar-refractivity contribution >= 4 is 51.1 Å². The van der Waals surface area contributed by atoms with Gasteiger partial charge in [0.2, 0.25) is 0 Å². The van der Waals surface area contributed by atoms with E-state index in [-0.39, 0.29) is 0 Å². The maximum absolute atomic E-state index is 2.72. The average molecular weight is 658 g/mol. The van der Waals surface area contributed by atoms with Gasteiger partial charge < -0.3 is 0 Å². The van der Waals surface area contributed by atoms with Gasteiger partial charge in [0.25, 0.3) is 0 Å². The van der Waals surface area contributed by atoms with Crippen LogP contribution in [0.3, 0.4) is 0 Å². The van der Waals surface area contributed by atoms with Crippen molar-refractivity contribution in [3.63, 3.8) is 0 Å². The number of benzene rings is 4. The standard InChI is InChI=1S/4C6H5.2C4H8.2Sn/c4*1-2-4-6-5-3-1;2*1-3-4-2;;/h4*1-5H;2*1-4H2;;. The summed E-state index contributed by atoms with van der Waals surface area (Å²) in [7, 11) is 0. The SMILES string of the molecule is c1cc[c]([Sn]2([c]3ccccc3)[CH2]CC[CH2][Sn]([c]3ccccc3)([c]3ccccc3)[CH2]CC[CH2]2)cc1. The van der Waals surface area contributed by atoms with Crippen molar-refractivity contribution in [2.45, 2.75) is 43.4 Å². The van der Waals surface area contributed by atoms with Gasteiger partial charge in [0.15, 0.2) is 0 Å². The van der Waals surface area contributed by atoms with Gasteiger partial charge in [0.1, 0.15) is 0 Å². The van der Waals surface area contributed by atoms with Crippen molar-refractivity contribution < 1.29 is 0 Å². The molecule has 1 heterocycles. The first kappa shape index (κ1) is 24.2. The molecule has 0 N–H and O–H groups in total. The third kappa shape index (κ3) is 5.04. The van der Waals surface area contributed by atoms with E-state index in [0.29, 0.717) is 0 Å². The minimum absolute atomic E-state index is 1.39. The van der Waals surface area contributed by atoms with Crippen molar-refractivity contribution in [3.8, 4) is 0 Å². The Morgan fingerprint density at radius 3 is 0.706 bits per heavy atom. The molecular weight excluding hydrogens is 622 g/mol. The summed E-state index contributed by atoms with van der Waals surface area (Å²) in [6, 6.07) is 46.7. The molecule has 4 aromatic rings. The Kier molecular flexibility index (Phi) is 8.16. The molecule has 1 aliphatic rings. The Balaban J connectivity index is 1.49. The van der Waals surface area contributed by atoms with Crippen LogP contribution in [0.25, 0.3) is 0 Å². The Labute approximate surface area is 214 Å². The first-order valence-electron chi connectivity index (χ1n) is 13.1. The third-order valence-corrected chi connectivity index (χ3v) is 38.4. The molecule has 0 atom stereocenters. The van der Waals surface area contributed by atoms with E-state index in [1.165, 1.54) is 43.4 Å². The van der Waals surface area contributed by atoms with Gasteiger partial charge in [-0.05, 0) is 0 Å². The molecule has 0 spiro atoms. The number of rotatable bonds is 4. The zero-order valence-electron chi connectivity index (χ0n) is 20.2. The zero-order valence-corrected chi connectivity index (χ0v) is 25.9. The van der Waals surface area contributed by atoms with Crippen molar-refractivity contribution in [2.75, 3.05) is 0 Å². The van der Waals surface area contributed by atoms with Gasteiger partial charge >= 0.3 is 216 Å². The van der Waals surface area contributed by atoms with E-state index in [1.54, 1.807) is 14.3 Å². The molecule has 1 fully saturated rings. The van der Waals surface area contributed by atoms with Crippen LogP contribution in [0, 0.1) is 0 Å². The molecule has 0 unspecified atom stereocenters. The summed E-state index contributed by atoms with van der Waals surface area (Å²) in [5, 5.41) is 0. The molecule has 5 rings (SSSR count). The predicted octanol–water partition coefficient (Wildman–Crippen LogP) is 6.09. The second-order valence-corrected chi connectivity index (χ2v) is 34.7. The normalized spacial score (nSPS) is 18.1. The van der Waals surface area contributed by atoms with E-state index in [2.05, 4.69) is 121 Å². The molecule has 0 nitrogen and oxygen atoms in total. The van der Waals surface area contributed by atoms with Crippen LogP contribution in [0.2, 0.25) is 17.7 Å². The fraction of sp³-hybridized carbons (Fsp3) is 0.250. The molecule has 34 heavy (non-hydrogen) atoms. The third-order valence-electron chi connectivity index (χ3n) is 8.22. The van der Waals surface area contributed by atoms with E-state index in [4.69, 9.17) is 0 Å². The Morgan fingerprint density at radius 1 is 0.294 bits per heavy atom. The van der Waals surface area contributed by atoms with Gasteiger partial charge in [-0.25, -0.2) is 0 Å². The summed E-state index contributed by atoms with van der Waals surface area (Å²) in [6.07, 6.45) is 5.55. The first-order chi connectivity index (χ1) is 16.8. The summed E-state index contributed by atoms with van der Waals surface area (Å²) < 4.78 is 12.7. The van der Waals surface area contributed by atoms with Crippen LogP contribution >= 0.6 is 0 Å². The summed E-state index contributed by atoms with van der Waals surface area (Å²) in [6.45, 7) is 0. The van der Waals surface area contributed by atoms with Crippen LogP contribution in [-0.4, -0.2) is 36.8 Å². The topological polar surface area (TPSA) is 0 Å². The molecule has 0 bridgehead atoms. The molecule has 0 aromatic heterocycles. The predicted molar refractivity (Wildman–Crippen MR) is 154 cm³/mol. The molecule has 0 aliphatic carbocycles. The van der Waals surface area contributed by atoms with E-state index in [1.807, 2.05) is 0 Å². The second-order valence-electron chi connectivity index (χ2n) is 10.0. The Morgan fingerprint density at radius 2 is 0.500 bits per heavy atom.